The summed E-state index contributed by atoms with van der Waals surface area (Å²) in [5.41, 5.74) is 6.19. The second kappa shape index (κ2) is 7.37. The van der Waals surface area contributed by atoms with Gasteiger partial charge in [0.05, 0.1) is 6.04 Å². The van der Waals surface area contributed by atoms with Crippen molar-refractivity contribution >= 4 is 0 Å². The summed E-state index contributed by atoms with van der Waals surface area (Å²) in [5.74, 6) is 0. The minimum absolute atomic E-state index is 0.242. The summed E-state index contributed by atoms with van der Waals surface area (Å²) in [6.45, 7) is 9.44. The Bertz CT molecular complexity index is 552. The highest BCUT2D eigenvalue weighted by atomic mass is 14.9. The van der Waals surface area contributed by atoms with E-state index in [1.165, 1.54) is 23.1 Å². The average molecular weight is 282 g/mol. The van der Waals surface area contributed by atoms with Gasteiger partial charge in [0.2, 0.25) is 0 Å². The van der Waals surface area contributed by atoms with E-state index < -0.39 is 0 Å². The van der Waals surface area contributed by atoms with Crippen molar-refractivity contribution in [2.24, 2.45) is 0 Å². The first-order valence-corrected chi connectivity index (χ1v) is 7.91. The van der Waals surface area contributed by atoms with Gasteiger partial charge in [0.15, 0.2) is 0 Å². The van der Waals surface area contributed by atoms with Gasteiger partial charge in [0, 0.05) is 11.4 Å². The molecule has 21 heavy (non-hydrogen) atoms. The average Bonchev–Trinajstić information content (AvgIpc) is 2.45. The molecule has 0 bridgehead atoms. The van der Waals surface area contributed by atoms with Crippen LogP contribution in [0.15, 0.2) is 36.4 Å². The molecule has 1 N–H and O–H groups in total. The fraction of sp³-hybridized carbons (Fsp3) is 0.421. The lowest BCUT2D eigenvalue weighted by Gasteiger charge is -2.20. The molecule has 2 aromatic rings. The van der Waals surface area contributed by atoms with Crippen molar-refractivity contribution in [1.82, 2.24) is 10.3 Å². The SMILES string of the molecule is CCCc1ccc(C(NCC)c2cc(C)nc(C)c2)cc1. The maximum atomic E-state index is 4.48. The summed E-state index contributed by atoms with van der Waals surface area (Å²) in [4.78, 5) is 4.48. The van der Waals surface area contributed by atoms with E-state index in [1.54, 1.807) is 0 Å². The minimum atomic E-state index is 0.242. The van der Waals surface area contributed by atoms with Gasteiger partial charge in [0.1, 0.15) is 0 Å². The minimum Gasteiger partial charge on any atom is -0.307 e. The van der Waals surface area contributed by atoms with Gasteiger partial charge in [-0.05, 0) is 55.6 Å². The first-order chi connectivity index (χ1) is 10.1. The highest BCUT2D eigenvalue weighted by Gasteiger charge is 2.14. The Kier molecular flexibility index (Phi) is 5.51. The zero-order valence-electron chi connectivity index (χ0n) is 13.6. The Hall–Kier alpha value is -1.67. The van der Waals surface area contributed by atoms with Crippen molar-refractivity contribution in [3.63, 3.8) is 0 Å². The summed E-state index contributed by atoms with van der Waals surface area (Å²) in [5, 5.41) is 3.59. The van der Waals surface area contributed by atoms with E-state index in [0.29, 0.717) is 0 Å². The predicted molar refractivity (Wildman–Crippen MR) is 89.7 cm³/mol. The van der Waals surface area contributed by atoms with E-state index in [4.69, 9.17) is 0 Å². The fourth-order valence-electron chi connectivity index (χ4n) is 2.83. The maximum absolute atomic E-state index is 4.48. The molecule has 0 amide bonds. The van der Waals surface area contributed by atoms with Crippen LogP contribution in [0.25, 0.3) is 0 Å². The van der Waals surface area contributed by atoms with Gasteiger partial charge in [-0.15, -0.1) is 0 Å². The molecule has 0 aliphatic heterocycles. The number of aryl methyl sites for hydroxylation is 3. The quantitative estimate of drug-likeness (QED) is 0.852. The van der Waals surface area contributed by atoms with E-state index in [9.17, 15) is 0 Å². The molecular formula is C19H26N2. The van der Waals surface area contributed by atoms with Crippen molar-refractivity contribution in [1.29, 1.82) is 0 Å². The van der Waals surface area contributed by atoms with Gasteiger partial charge in [-0.25, -0.2) is 0 Å². The number of nitrogens with zero attached hydrogens (tertiary/aromatic N) is 1. The van der Waals surface area contributed by atoms with E-state index in [2.05, 4.69) is 74.4 Å². The summed E-state index contributed by atoms with van der Waals surface area (Å²) in [6.07, 6.45) is 2.35. The van der Waals surface area contributed by atoms with Gasteiger partial charge in [-0.1, -0.05) is 44.5 Å². The highest BCUT2D eigenvalue weighted by molar-refractivity contribution is 5.35. The van der Waals surface area contributed by atoms with Crippen molar-refractivity contribution in [3.05, 3.63) is 64.5 Å². The number of hydrogen-bond acceptors (Lipinski definition) is 2. The molecule has 2 heteroatoms. The highest BCUT2D eigenvalue weighted by Crippen LogP contribution is 2.23. The predicted octanol–water partition coefficient (Wildman–Crippen LogP) is 4.35. The lowest BCUT2D eigenvalue weighted by Crippen LogP contribution is -2.22. The van der Waals surface area contributed by atoms with Gasteiger partial charge >= 0.3 is 0 Å². The largest absolute Gasteiger partial charge is 0.307 e. The number of benzene rings is 1. The lowest BCUT2D eigenvalue weighted by molar-refractivity contribution is 0.628. The Morgan fingerprint density at radius 3 is 2.10 bits per heavy atom. The van der Waals surface area contributed by atoms with Crippen LogP contribution >= 0.6 is 0 Å². The molecule has 1 unspecified atom stereocenters. The lowest BCUT2D eigenvalue weighted by atomic mass is 9.96. The van der Waals surface area contributed by atoms with Crippen LogP contribution < -0.4 is 5.32 Å². The monoisotopic (exact) mass is 282 g/mol. The van der Waals surface area contributed by atoms with Crippen molar-refractivity contribution in [2.75, 3.05) is 6.54 Å². The van der Waals surface area contributed by atoms with Crippen LogP contribution in [0.5, 0.6) is 0 Å². The van der Waals surface area contributed by atoms with E-state index >= 15 is 0 Å². The van der Waals surface area contributed by atoms with E-state index in [-0.39, 0.29) is 6.04 Å². The fourth-order valence-corrected chi connectivity index (χ4v) is 2.83. The summed E-state index contributed by atoms with van der Waals surface area (Å²) in [7, 11) is 0. The van der Waals surface area contributed by atoms with Gasteiger partial charge in [-0.3, -0.25) is 4.98 Å². The Labute approximate surface area is 128 Å². The van der Waals surface area contributed by atoms with Crippen LogP contribution in [0.2, 0.25) is 0 Å². The number of hydrogen-bond donors (Lipinski definition) is 1. The standard InChI is InChI=1S/C19H26N2/c1-5-7-16-8-10-17(11-9-16)19(20-6-2)18-12-14(3)21-15(4)13-18/h8-13,19-20H,5-7H2,1-4H3. The second-order valence-electron chi connectivity index (χ2n) is 5.67. The first kappa shape index (κ1) is 15.7. The molecule has 1 aromatic heterocycles. The molecule has 0 aliphatic rings. The van der Waals surface area contributed by atoms with Crippen LogP contribution in [-0.4, -0.2) is 11.5 Å². The van der Waals surface area contributed by atoms with Crippen LogP contribution in [0.4, 0.5) is 0 Å². The zero-order chi connectivity index (χ0) is 15.2. The van der Waals surface area contributed by atoms with Crippen LogP contribution in [0, 0.1) is 13.8 Å². The molecule has 0 spiro atoms. The summed E-state index contributed by atoms with van der Waals surface area (Å²) < 4.78 is 0. The summed E-state index contributed by atoms with van der Waals surface area (Å²) >= 11 is 0. The Balaban J connectivity index is 2.33. The smallest absolute Gasteiger partial charge is 0.0577 e. The molecule has 0 saturated heterocycles. The van der Waals surface area contributed by atoms with Crippen molar-refractivity contribution in [2.45, 2.75) is 46.6 Å². The molecule has 2 rings (SSSR count). The van der Waals surface area contributed by atoms with Crippen LogP contribution in [-0.2, 0) is 6.42 Å². The van der Waals surface area contributed by atoms with Gasteiger partial charge < -0.3 is 5.32 Å². The molecule has 0 radical (unpaired) electrons. The summed E-state index contributed by atoms with van der Waals surface area (Å²) in [6, 6.07) is 13.6. The molecule has 0 aliphatic carbocycles. The third-order valence-corrected chi connectivity index (χ3v) is 3.70. The van der Waals surface area contributed by atoms with Gasteiger partial charge in [-0.2, -0.15) is 0 Å². The molecule has 1 heterocycles. The van der Waals surface area contributed by atoms with Gasteiger partial charge in [0.25, 0.3) is 0 Å². The number of nitrogens with one attached hydrogen (secondary N) is 1. The van der Waals surface area contributed by atoms with Crippen molar-refractivity contribution < 1.29 is 0 Å². The third kappa shape index (κ3) is 4.15. The number of aromatic nitrogens is 1. The number of pyridine rings is 1. The van der Waals surface area contributed by atoms with E-state index in [1.807, 2.05) is 0 Å². The molecule has 1 atom stereocenters. The maximum Gasteiger partial charge on any atom is 0.0577 e. The van der Waals surface area contributed by atoms with Crippen molar-refractivity contribution in [3.8, 4) is 0 Å². The number of rotatable bonds is 6. The zero-order valence-corrected chi connectivity index (χ0v) is 13.6. The second-order valence-corrected chi connectivity index (χ2v) is 5.67. The normalized spacial score (nSPS) is 12.4. The first-order valence-electron chi connectivity index (χ1n) is 7.91. The molecule has 112 valence electrons. The third-order valence-electron chi connectivity index (χ3n) is 3.70. The topological polar surface area (TPSA) is 24.9 Å². The molecule has 2 nitrogen and oxygen atoms in total. The Morgan fingerprint density at radius 1 is 0.952 bits per heavy atom. The molecule has 0 fully saturated rings. The van der Waals surface area contributed by atoms with Crippen LogP contribution in [0.3, 0.4) is 0 Å². The van der Waals surface area contributed by atoms with E-state index in [0.717, 1.165) is 24.4 Å². The molecule has 0 saturated carbocycles. The molecular weight excluding hydrogens is 256 g/mol. The Morgan fingerprint density at radius 2 is 1.57 bits per heavy atom. The van der Waals surface area contributed by atoms with Crippen LogP contribution in [0.1, 0.15) is 54.4 Å². The molecule has 1 aromatic carbocycles.